The quantitative estimate of drug-likeness (QED) is 0.779. The van der Waals surface area contributed by atoms with Crippen LogP contribution < -0.4 is 5.32 Å². The van der Waals surface area contributed by atoms with E-state index in [2.05, 4.69) is 15.5 Å². The Balaban J connectivity index is 0.000000686. The Morgan fingerprint density at radius 2 is 2.12 bits per heavy atom. The molecular formula is C12H17N3O2. The maximum atomic E-state index is 11.4. The minimum Gasteiger partial charge on any atom is -0.296 e. The van der Waals surface area contributed by atoms with Crippen molar-refractivity contribution >= 4 is 11.8 Å². The predicted molar refractivity (Wildman–Crippen MR) is 63.0 cm³/mol. The van der Waals surface area contributed by atoms with E-state index < -0.39 is 0 Å². The summed E-state index contributed by atoms with van der Waals surface area (Å²) in [6.45, 7) is 4.00. The summed E-state index contributed by atoms with van der Waals surface area (Å²) in [6.07, 6.45) is 4.90. The summed E-state index contributed by atoms with van der Waals surface area (Å²) in [5, 5.41) is 9.74. The lowest BCUT2D eigenvalue weighted by Crippen LogP contribution is -2.41. The van der Waals surface area contributed by atoms with Gasteiger partial charge in [-0.05, 0) is 24.5 Å². The number of carbonyl (C=O) groups is 2. The van der Waals surface area contributed by atoms with E-state index in [1.807, 2.05) is 19.9 Å². The van der Waals surface area contributed by atoms with E-state index >= 15 is 0 Å². The highest BCUT2D eigenvalue weighted by Gasteiger charge is 2.26. The van der Waals surface area contributed by atoms with Gasteiger partial charge >= 0.3 is 0 Å². The molecule has 1 atom stereocenters. The Morgan fingerprint density at radius 1 is 1.35 bits per heavy atom. The highest BCUT2D eigenvalue weighted by atomic mass is 16.2. The van der Waals surface area contributed by atoms with Crippen LogP contribution in [0.5, 0.6) is 0 Å². The molecule has 1 aromatic heterocycles. The van der Waals surface area contributed by atoms with E-state index in [0.717, 1.165) is 5.56 Å². The van der Waals surface area contributed by atoms with E-state index in [1.54, 1.807) is 12.4 Å². The van der Waals surface area contributed by atoms with Crippen molar-refractivity contribution in [1.29, 1.82) is 0 Å². The summed E-state index contributed by atoms with van der Waals surface area (Å²) in [7, 11) is 0. The third-order valence-electron chi connectivity index (χ3n) is 2.48. The second-order valence-corrected chi connectivity index (χ2v) is 3.60. The number of nitrogens with zero attached hydrogens (tertiary/aromatic N) is 2. The monoisotopic (exact) mass is 235 g/mol. The molecule has 92 valence electrons. The maximum Gasteiger partial charge on any atom is 0.230 e. The molecule has 0 aromatic carbocycles. The summed E-state index contributed by atoms with van der Waals surface area (Å²) in [5.41, 5.74) is 0.972. The van der Waals surface area contributed by atoms with Gasteiger partial charge in [-0.25, -0.2) is 0 Å². The molecule has 1 aliphatic heterocycles. The zero-order chi connectivity index (χ0) is 12.7. The van der Waals surface area contributed by atoms with Gasteiger partial charge in [0.25, 0.3) is 0 Å². The number of hydrogen-bond donors (Lipinski definition) is 1. The van der Waals surface area contributed by atoms with E-state index in [9.17, 15) is 9.59 Å². The van der Waals surface area contributed by atoms with E-state index in [1.165, 1.54) is 0 Å². The van der Waals surface area contributed by atoms with Crippen LogP contribution in [0.15, 0.2) is 18.5 Å². The fraction of sp³-hybridized carbons (Fsp3) is 0.500. The van der Waals surface area contributed by atoms with Crippen molar-refractivity contribution in [3.05, 3.63) is 24.0 Å². The maximum absolute atomic E-state index is 11.4. The van der Waals surface area contributed by atoms with Crippen molar-refractivity contribution in [2.75, 3.05) is 0 Å². The molecule has 0 saturated carbocycles. The lowest BCUT2D eigenvalue weighted by molar-refractivity contribution is -0.136. The molecule has 1 N–H and O–H groups in total. The number of rotatable bonds is 2. The Labute approximate surface area is 101 Å². The first-order valence-corrected chi connectivity index (χ1v) is 5.85. The minimum atomic E-state index is -0.178. The summed E-state index contributed by atoms with van der Waals surface area (Å²) in [5.74, 6) is -0.473. The average Bonchev–Trinajstić information content (AvgIpc) is 2.37. The van der Waals surface area contributed by atoms with Crippen molar-refractivity contribution in [3.63, 3.8) is 0 Å². The van der Waals surface area contributed by atoms with Crippen molar-refractivity contribution in [2.24, 2.45) is 5.92 Å². The number of amides is 2. The number of hydrogen-bond acceptors (Lipinski definition) is 4. The Hall–Kier alpha value is -1.78. The predicted octanol–water partition coefficient (Wildman–Crippen LogP) is 1.10. The molecular weight excluding hydrogens is 218 g/mol. The lowest BCUT2D eigenvalue weighted by atomic mass is 9.92. The Kier molecular flexibility index (Phi) is 5.26. The molecule has 1 aliphatic rings. The second kappa shape index (κ2) is 6.73. The third kappa shape index (κ3) is 3.94. The summed E-state index contributed by atoms with van der Waals surface area (Å²) in [4.78, 5) is 22.4. The van der Waals surface area contributed by atoms with Crippen LogP contribution in [0.3, 0.4) is 0 Å². The first kappa shape index (κ1) is 13.3. The van der Waals surface area contributed by atoms with E-state index in [0.29, 0.717) is 19.3 Å². The first-order valence-electron chi connectivity index (χ1n) is 5.85. The van der Waals surface area contributed by atoms with Crippen molar-refractivity contribution in [3.8, 4) is 0 Å². The molecule has 1 unspecified atom stereocenters. The number of piperidine rings is 1. The molecule has 5 nitrogen and oxygen atoms in total. The van der Waals surface area contributed by atoms with E-state index in [4.69, 9.17) is 0 Å². The highest BCUT2D eigenvalue weighted by molar-refractivity contribution is 5.98. The smallest absolute Gasteiger partial charge is 0.230 e. The standard InChI is InChI=1S/C10H11N3O2.C2H6/c14-9-2-1-8(10(15)13-9)5-7-3-4-11-12-6-7;1-2/h3-4,6,8H,1-2,5H2,(H,13,14,15);1-2H3. The fourth-order valence-corrected chi connectivity index (χ4v) is 1.66. The topological polar surface area (TPSA) is 72.0 Å². The van der Waals surface area contributed by atoms with Gasteiger partial charge in [-0.2, -0.15) is 10.2 Å². The molecule has 5 heteroatoms. The molecule has 0 spiro atoms. The van der Waals surface area contributed by atoms with Crippen LogP contribution in [0.2, 0.25) is 0 Å². The highest BCUT2D eigenvalue weighted by Crippen LogP contribution is 2.16. The van der Waals surface area contributed by atoms with Crippen molar-refractivity contribution in [2.45, 2.75) is 33.1 Å². The molecule has 2 rings (SSSR count). The number of imide groups is 1. The van der Waals surface area contributed by atoms with Gasteiger partial charge in [-0.15, -0.1) is 0 Å². The van der Waals surface area contributed by atoms with Gasteiger partial charge in [0.1, 0.15) is 0 Å². The van der Waals surface area contributed by atoms with Gasteiger partial charge < -0.3 is 0 Å². The SMILES string of the molecule is CC.O=C1CCC(Cc2ccnnc2)C(=O)N1. The molecule has 2 heterocycles. The number of aromatic nitrogens is 2. The fourth-order valence-electron chi connectivity index (χ4n) is 1.66. The van der Waals surface area contributed by atoms with Crippen LogP contribution in [0, 0.1) is 5.92 Å². The normalized spacial score (nSPS) is 19.1. The molecule has 0 bridgehead atoms. The van der Waals surface area contributed by atoms with E-state index in [-0.39, 0.29) is 17.7 Å². The Bertz CT molecular complexity index is 379. The summed E-state index contributed by atoms with van der Waals surface area (Å²) >= 11 is 0. The average molecular weight is 235 g/mol. The number of carbonyl (C=O) groups excluding carboxylic acids is 2. The van der Waals surface area contributed by atoms with Gasteiger partial charge in [-0.3, -0.25) is 14.9 Å². The summed E-state index contributed by atoms with van der Waals surface area (Å²) in [6, 6.07) is 1.83. The molecule has 0 aliphatic carbocycles. The largest absolute Gasteiger partial charge is 0.296 e. The zero-order valence-corrected chi connectivity index (χ0v) is 10.1. The minimum absolute atomic E-state index is 0.119. The van der Waals surface area contributed by atoms with Crippen LogP contribution in [0.25, 0.3) is 0 Å². The molecule has 0 radical (unpaired) electrons. The van der Waals surface area contributed by atoms with Gasteiger partial charge in [0.2, 0.25) is 11.8 Å². The van der Waals surface area contributed by atoms with Gasteiger partial charge in [0.15, 0.2) is 0 Å². The summed E-state index contributed by atoms with van der Waals surface area (Å²) < 4.78 is 0. The molecule has 17 heavy (non-hydrogen) atoms. The van der Waals surface area contributed by atoms with Crippen molar-refractivity contribution in [1.82, 2.24) is 15.5 Å². The third-order valence-corrected chi connectivity index (χ3v) is 2.48. The molecule has 1 aromatic rings. The van der Waals surface area contributed by atoms with Gasteiger partial charge in [0.05, 0.1) is 6.20 Å². The van der Waals surface area contributed by atoms with Gasteiger partial charge in [0, 0.05) is 18.5 Å². The second-order valence-electron chi connectivity index (χ2n) is 3.60. The van der Waals surface area contributed by atoms with Gasteiger partial charge in [-0.1, -0.05) is 13.8 Å². The van der Waals surface area contributed by atoms with Crippen LogP contribution in [0.4, 0.5) is 0 Å². The van der Waals surface area contributed by atoms with Crippen molar-refractivity contribution < 1.29 is 9.59 Å². The molecule has 1 saturated heterocycles. The first-order chi connectivity index (χ1) is 8.25. The molecule has 2 amide bonds. The van der Waals surface area contributed by atoms with Crippen LogP contribution in [0.1, 0.15) is 32.3 Å². The Morgan fingerprint density at radius 3 is 2.71 bits per heavy atom. The zero-order valence-electron chi connectivity index (χ0n) is 10.1. The van der Waals surface area contributed by atoms with Crippen LogP contribution >= 0.6 is 0 Å². The van der Waals surface area contributed by atoms with Crippen LogP contribution in [-0.4, -0.2) is 22.0 Å². The molecule has 1 fully saturated rings. The van der Waals surface area contributed by atoms with Crippen LogP contribution in [-0.2, 0) is 16.0 Å². The lowest BCUT2D eigenvalue weighted by Gasteiger charge is -2.20. The number of nitrogens with one attached hydrogen (secondary N) is 1.